The molecule has 0 fully saturated rings. The van der Waals surface area contributed by atoms with E-state index in [-0.39, 0.29) is 11.9 Å². The van der Waals surface area contributed by atoms with Gasteiger partial charge in [-0.25, -0.2) is 0 Å². The number of halogens is 1. The van der Waals surface area contributed by atoms with Gasteiger partial charge in [-0.3, -0.25) is 9.48 Å². The van der Waals surface area contributed by atoms with Crippen LogP contribution in [0, 0.1) is 0 Å². The first-order chi connectivity index (χ1) is 10.1. The number of rotatable bonds is 6. The molecule has 6 nitrogen and oxygen atoms in total. The van der Waals surface area contributed by atoms with Gasteiger partial charge in [0.25, 0.3) is 5.91 Å². The highest BCUT2D eigenvalue weighted by Crippen LogP contribution is 2.11. The second kappa shape index (κ2) is 7.19. The highest BCUT2D eigenvalue weighted by Gasteiger charge is 2.13. The van der Waals surface area contributed by atoms with Gasteiger partial charge in [-0.15, -0.1) is 5.10 Å². The van der Waals surface area contributed by atoms with Gasteiger partial charge in [-0.2, -0.15) is 0 Å². The van der Waals surface area contributed by atoms with E-state index in [0.29, 0.717) is 23.8 Å². The van der Waals surface area contributed by atoms with Crippen LogP contribution < -0.4 is 11.1 Å². The third kappa shape index (κ3) is 4.54. The minimum absolute atomic E-state index is 0.0154. The molecule has 0 aliphatic rings. The molecule has 2 rings (SSSR count). The zero-order valence-corrected chi connectivity index (χ0v) is 12.5. The molecule has 0 spiro atoms. The van der Waals surface area contributed by atoms with Gasteiger partial charge in [0.05, 0.1) is 12.7 Å². The zero-order chi connectivity index (χ0) is 15.2. The van der Waals surface area contributed by atoms with Crippen LogP contribution in [0.2, 0.25) is 5.02 Å². The van der Waals surface area contributed by atoms with Crippen LogP contribution in [0.1, 0.15) is 23.0 Å². The second-order valence-corrected chi connectivity index (χ2v) is 5.30. The summed E-state index contributed by atoms with van der Waals surface area (Å²) in [6.07, 6.45) is 2.32. The largest absolute Gasteiger partial charge is 0.348 e. The molecular formula is C14H18ClN5O. The van der Waals surface area contributed by atoms with Gasteiger partial charge >= 0.3 is 0 Å². The summed E-state index contributed by atoms with van der Waals surface area (Å²) in [5.41, 5.74) is 6.83. The molecule has 7 heteroatoms. The zero-order valence-electron chi connectivity index (χ0n) is 11.8. The smallest absolute Gasteiger partial charge is 0.273 e. The Morgan fingerprint density at radius 2 is 2.14 bits per heavy atom. The molecule has 0 saturated heterocycles. The molecule has 0 aliphatic heterocycles. The fraction of sp³-hybridized carbons (Fsp3) is 0.357. The Morgan fingerprint density at radius 1 is 1.43 bits per heavy atom. The molecule has 1 aromatic heterocycles. The summed E-state index contributed by atoms with van der Waals surface area (Å²) >= 11 is 5.84. The van der Waals surface area contributed by atoms with Crippen molar-refractivity contribution in [3.05, 3.63) is 46.7 Å². The van der Waals surface area contributed by atoms with Crippen molar-refractivity contribution in [3.8, 4) is 0 Å². The molecule has 1 aromatic carbocycles. The topological polar surface area (TPSA) is 85.8 Å². The van der Waals surface area contributed by atoms with E-state index in [1.54, 1.807) is 10.9 Å². The van der Waals surface area contributed by atoms with E-state index in [1.165, 1.54) is 0 Å². The van der Waals surface area contributed by atoms with Crippen LogP contribution in [0.3, 0.4) is 0 Å². The number of aromatic nitrogens is 3. The fourth-order valence-corrected chi connectivity index (χ4v) is 2.09. The van der Waals surface area contributed by atoms with Crippen LogP contribution in [0.15, 0.2) is 30.5 Å². The highest BCUT2D eigenvalue weighted by atomic mass is 35.5. The number of nitrogens with one attached hydrogen (secondary N) is 1. The Kier molecular flexibility index (Phi) is 5.30. The lowest BCUT2D eigenvalue weighted by Gasteiger charge is -2.12. The number of hydrogen-bond donors (Lipinski definition) is 2. The number of benzene rings is 1. The van der Waals surface area contributed by atoms with E-state index in [1.807, 2.05) is 31.2 Å². The van der Waals surface area contributed by atoms with Crippen molar-refractivity contribution in [2.45, 2.75) is 25.9 Å². The first kappa shape index (κ1) is 15.5. The maximum Gasteiger partial charge on any atom is 0.273 e. The maximum absolute atomic E-state index is 12.0. The molecule has 1 heterocycles. The van der Waals surface area contributed by atoms with Crippen LogP contribution in [0.5, 0.6) is 0 Å². The molecule has 21 heavy (non-hydrogen) atoms. The first-order valence-corrected chi connectivity index (χ1v) is 7.12. The molecule has 2 aromatic rings. The number of nitrogens with two attached hydrogens (primary N) is 1. The molecule has 1 unspecified atom stereocenters. The average Bonchev–Trinajstić information content (AvgIpc) is 2.90. The first-order valence-electron chi connectivity index (χ1n) is 6.74. The molecule has 1 atom stereocenters. The lowest BCUT2D eigenvalue weighted by Crippen LogP contribution is -2.34. The molecule has 0 radical (unpaired) electrons. The predicted molar refractivity (Wildman–Crippen MR) is 81.2 cm³/mol. The summed E-state index contributed by atoms with van der Waals surface area (Å²) in [5.74, 6) is -0.236. The maximum atomic E-state index is 12.0. The quantitative estimate of drug-likeness (QED) is 0.841. The molecule has 0 saturated carbocycles. The van der Waals surface area contributed by atoms with Gasteiger partial charge in [-0.1, -0.05) is 28.9 Å². The third-order valence-electron chi connectivity index (χ3n) is 2.96. The van der Waals surface area contributed by atoms with Gasteiger partial charge in [0.1, 0.15) is 0 Å². The summed E-state index contributed by atoms with van der Waals surface area (Å²) < 4.78 is 1.55. The van der Waals surface area contributed by atoms with Gasteiger partial charge < -0.3 is 11.1 Å². The normalized spacial score (nSPS) is 12.1. The Labute approximate surface area is 128 Å². The van der Waals surface area contributed by atoms with E-state index in [2.05, 4.69) is 15.6 Å². The molecule has 0 bridgehead atoms. The Balaban J connectivity index is 1.90. The van der Waals surface area contributed by atoms with E-state index in [0.717, 1.165) is 12.0 Å². The minimum Gasteiger partial charge on any atom is -0.348 e. The van der Waals surface area contributed by atoms with Crippen LogP contribution in [0.4, 0.5) is 0 Å². The SMILES string of the molecule is CC(Cc1ccc(Cl)cc1)NC(=O)c1cn(CCN)nn1. The lowest BCUT2D eigenvalue weighted by atomic mass is 10.1. The van der Waals surface area contributed by atoms with Crippen molar-refractivity contribution >= 4 is 17.5 Å². The molecule has 3 N–H and O–H groups in total. The average molecular weight is 308 g/mol. The van der Waals surface area contributed by atoms with Gasteiger partial charge in [0.15, 0.2) is 5.69 Å². The van der Waals surface area contributed by atoms with Crippen molar-refractivity contribution < 1.29 is 4.79 Å². The van der Waals surface area contributed by atoms with Crippen LogP contribution in [0.25, 0.3) is 0 Å². The number of carbonyl (C=O) groups is 1. The van der Waals surface area contributed by atoms with E-state index >= 15 is 0 Å². The standard InChI is InChI=1S/C14H18ClN5O/c1-10(8-11-2-4-12(15)5-3-11)17-14(21)13-9-20(7-6-16)19-18-13/h2-5,9-10H,6-8,16H2,1H3,(H,17,21). The van der Waals surface area contributed by atoms with Crippen molar-refractivity contribution in [2.75, 3.05) is 6.54 Å². The van der Waals surface area contributed by atoms with E-state index in [9.17, 15) is 4.79 Å². The minimum atomic E-state index is -0.236. The highest BCUT2D eigenvalue weighted by molar-refractivity contribution is 6.30. The summed E-state index contributed by atoms with van der Waals surface area (Å²) in [6.45, 7) is 2.94. The van der Waals surface area contributed by atoms with Gasteiger partial charge in [0.2, 0.25) is 0 Å². The summed E-state index contributed by atoms with van der Waals surface area (Å²) in [6, 6.07) is 7.55. The van der Waals surface area contributed by atoms with E-state index < -0.39 is 0 Å². The Bertz CT molecular complexity index is 596. The Morgan fingerprint density at radius 3 is 2.81 bits per heavy atom. The molecule has 1 amide bonds. The van der Waals surface area contributed by atoms with E-state index in [4.69, 9.17) is 17.3 Å². The van der Waals surface area contributed by atoms with Gasteiger partial charge in [0, 0.05) is 17.6 Å². The Hall–Kier alpha value is -1.92. The lowest BCUT2D eigenvalue weighted by molar-refractivity contribution is 0.0935. The van der Waals surface area contributed by atoms with Crippen molar-refractivity contribution in [2.24, 2.45) is 5.73 Å². The van der Waals surface area contributed by atoms with Crippen LogP contribution in [-0.2, 0) is 13.0 Å². The number of hydrogen-bond acceptors (Lipinski definition) is 4. The third-order valence-corrected chi connectivity index (χ3v) is 3.21. The van der Waals surface area contributed by atoms with Crippen molar-refractivity contribution in [3.63, 3.8) is 0 Å². The monoisotopic (exact) mass is 307 g/mol. The summed E-state index contributed by atoms with van der Waals surface area (Å²) in [4.78, 5) is 12.0. The van der Waals surface area contributed by atoms with Gasteiger partial charge in [-0.05, 0) is 31.0 Å². The summed E-state index contributed by atoms with van der Waals surface area (Å²) in [5, 5.41) is 11.3. The summed E-state index contributed by atoms with van der Waals surface area (Å²) in [7, 11) is 0. The molecule has 112 valence electrons. The molecular weight excluding hydrogens is 290 g/mol. The van der Waals surface area contributed by atoms with Crippen molar-refractivity contribution in [1.82, 2.24) is 20.3 Å². The number of amides is 1. The predicted octanol–water partition coefficient (Wildman–Crippen LogP) is 1.25. The van der Waals surface area contributed by atoms with Crippen LogP contribution in [-0.4, -0.2) is 33.5 Å². The van der Waals surface area contributed by atoms with Crippen molar-refractivity contribution in [1.29, 1.82) is 0 Å². The fourth-order valence-electron chi connectivity index (χ4n) is 1.97. The second-order valence-electron chi connectivity index (χ2n) is 4.86. The molecule has 0 aliphatic carbocycles. The number of nitrogens with zero attached hydrogens (tertiary/aromatic N) is 3. The number of carbonyl (C=O) groups excluding carboxylic acids is 1. The van der Waals surface area contributed by atoms with Crippen LogP contribution >= 0.6 is 11.6 Å².